The summed E-state index contributed by atoms with van der Waals surface area (Å²) >= 11 is 0. The lowest BCUT2D eigenvalue weighted by Gasteiger charge is -2.35. The predicted molar refractivity (Wildman–Crippen MR) is 97.6 cm³/mol. The number of hydrogen-bond acceptors (Lipinski definition) is 5. The van der Waals surface area contributed by atoms with E-state index < -0.39 is 0 Å². The van der Waals surface area contributed by atoms with E-state index in [1.165, 1.54) is 25.0 Å². The lowest BCUT2D eigenvalue weighted by molar-refractivity contribution is 0.0466. The summed E-state index contributed by atoms with van der Waals surface area (Å²) in [6.45, 7) is 5.47. The van der Waals surface area contributed by atoms with Crippen LogP contribution in [0.5, 0.6) is 11.5 Å². The minimum absolute atomic E-state index is 0.0583. The first-order valence-corrected chi connectivity index (χ1v) is 9.90. The molecule has 0 bridgehead atoms. The van der Waals surface area contributed by atoms with Crippen molar-refractivity contribution in [3.8, 4) is 11.5 Å². The molecule has 27 heavy (non-hydrogen) atoms. The zero-order chi connectivity index (χ0) is 18.6. The highest BCUT2D eigenvalue weighted by molar-refractivity contribution is 5.69. The highest BCUT2D eigenvalue weighted by Gasteiger charge is 2.27. The lowest BCUT2D eigenvalue weighted by Crippen LogP contribution is -2.44. The average Bonchev–Trinajstić information content (AvgIpc) is 3.08. The fourth-order valence-electron chi connectivity index (χ4n) is 4.12. The average molecular weight is 378 g/mol. The van der Waals surface area contributed by atoms with Crippen LogP contribution in [0, 0.1) is 11.7 Å². The summed E-state index contributed by atoms with van der Waals surface area (Å²) < 4.78 is 30.0. The molecular formula is C20H27FN2O4. The van der Waals surface area contributed by atoms with E-state index in [0.29, 0.717) is 24.7 Å². The van der Waals surface area contributed by atoms with Gasteiger partial charge in [-0.3, -0.25) is 4.90 Å². The van der Waals surface area contributed by atoms with Crippen LogP contribution in [0.2, 0.25) is 0 Å². The molecule has 1 aromatic rings. The number of carbonyl (C=O) groups excluding carboxylic acids is 1. The molecular weight excluding hydrogens is 351 g/mol. The van der Waals surface area contributed by atoms with Crippen molar-refractivity contribution in [2.24, 2.45) is 5.92 Å². The Morgan fingerprint density at radius 2 is 1.96 bits per heavy atom. The van der Waals surface area contributed by atoms with E-state index in [4.69, 9.17) is 14.2 Å². The Bertz CT molecular complexity index is 663. The number of carbonyl (C=O) groups is 1. The van der Waals surface area contributed by atoms with Crippen LogP contribution < -0.4 is 9.47 Å². The van der Waals surface area contributed by atoms with E-state index >= 15 is 0 Å². The zero-order valence-electron chi connectivity index (χ0n) is 15.6. The quantitative estimate of drug-likeness (QED) is 0.762. The number of cyclic esters (lactones) is 1. The molecule has 0 spiro atoms. The first-order valence-electron chi connectivity index (χ1n) is 9.90. The van der Waals surface area contributed by atoms with Crippen molar-refractivity contribution in [3.05, 3.63) is 24.0 Å². The second-order valence-electron chi connectivity index (χ2n) is 7.63. The molecule has 0 radical (unpaired) electrons. The highest BCUT2D eigenvalue weighted by Crippen LogP contribution is 2.32. The fourth-order valence-corrected chi connectivity index (χ4v) is 4.12. The van der Waals surface area contributed by atoms with E-state index in [9.17, 15) is 9.18 Å². The Kier molecular flexibility index (Phi) is 5.66. The van der Waals surface area contributed by atoms with Crippen molar-refractivity contribution in [1.82, 2.24) is 9.80 Å². The van der Waals surface area contributed by atoms with Gasteiger partial charge in [-0.1, -0.05) is 0 Å². The number of fused-ring (bicyclic) bond motifs is 1. The predicted octanol–water partition coefficient (Wildman–Crippen LogP) is 2.91. The maximum atomic E-state index is 13.4. The van der Waals surface area contributed by atoms with Crippen molar-refractivity contribution < 1.29 is 23.4 Å². The molecule has 3 aliphatic heterocycles. The van der Waals surface area contributed by atoms with Crippen molar-refractivity contribution in [2.75, 3.05) is 45.9 Å². The molecule has 3 heterocycles. The largest absolute Gasteiger partial charge is 0.486 e. The van der Waals surface area contributed by atoms with Gasteiger partial charge in [0.2, 0.25) is 0 Å². The third-order valence-corrected chi connectivity index (χ3v) is 5.68. The van der Waals surface area contributed by atoms with Crippen LogP contribution in [0.15, 0.2) is 18.2 Å². The molecule has 1 aromatic carbocycles. The molecule has 1 amide bonds. The minimum atomic E-state index is -0.305. The van der Waals surface area contributed by atoms with Gasteiger partial charge in [0, 0.05) is 19.2 Å². The highest BCUT2D eigenvalue weighted by atomic mass is 19.1. The molecule has 0 saturated carbocycles. The van der Waals surface area contributed by atoms with Crippen LogP contribution in [0.3, 0.4) is 0 Å². The Labute approximate surface area is 159 Å². The molecule has 0 N–H and O–H groups in total. The number of hydrogen-bond donors (Lipinski definition) is 0. The van der Waals surface area contributed by atoms with Crippen molar-refractivity contribution in [1.29, 1.82) is 0 Å². The monoisotopic (exact) mass is 378 g/mol. The van der Waals surface area contributed by atoms with Gasteiger partial charge in [-0.2, -0.15) is 0 Å². The summed E-state index contributed by atoms with van der Waals surface area (Å²) in [5.41, 5.74) is 0. The number of rotatable bonds is 6. The van der Waals surface area contributed by atoms with Crippen molar-refractivity contribution in [2.45, 2.75) is 31.8 Å². The van der Waals surface area contributed by atoms with E-state index in [2.05, 4.69) is 4.90 Å². The summed E-state index contributed by atoms with van der Waals surface area (Å²) in [5.74, 6) is 1.54. The smallest absolute Gasteiger partial charge is 0.409 e. The molecule has 4 rings (SSSR count). The van der Waals surface area contributed by atoms with Crippen LogP contribution in [-0.4, -0.2) is 67.9 Å². The number of halogens is 1. The van der Waals surface area contributed by atoms with Gasteiger partial charge in [-0.15, -0.1) is 0 Å². The summed E-state index contributed by atoms with van der Waals surface area (Å²) in [5, 5.41) is 0. The lowest BCUT2D eigenvalue weighted by atomic mass is 9.92. The molecule has 6 nitrogen and oxygen atoms in total. The Hall–Kier alpha value is -2.02. The van der Waals surface area contributed by atoms with Crippen LogP contribution >= 0.6 is 0 Å². The summed E-state index contributed by atoms with van der Waals surface area (Å²) in [4.78, 5) is 15.6. The molecule has 0 aromatic heterocycles. The second kappa shape index (κ2) is 8.33. The van der Waals surface area contributed by atoms with Gasteiger partial charge in [-0.25, -0.2) is 9.18 Å². The topological polar surface area (TPSA) is 51.2 Å². The third kappa shape index (κ3) is 4.64. The van der Waals surface area contributed by atoms with Gasteiger partial charge >= 0.3 is 6.09 Å². The number of ether oxygens (including phenoxy) is 3. The Balaban J connectivity index is 1.16. The van der Waals surface area contributed by atoms with Gasteiger partial charge in [0.25, 0.3) is 0 Å². The third-order valence-electron chi connectivity index (χ3n) is 5.68. The van der Waals surface area contributed by atoms with Gasteiger partial charge in [0.05, 0.1) is 6.54 Å². The SMILES string of the molecule is O=C1OCCN1CCCC1CCN(CC2COc3ccc(F)cc3O2)CC1. The van der Waals surface area contributed by atoms with E-state index in [1.54, 1.807) is 11.0 Å². The van der Waals surface area contributed by atoms with Crippen LogP contribution in [-0.2, 0) is 4.74 Å². The molecule has 2 fully saturated rings. The second-order valence-corrected chi connectivity index (χ2v) is 7.63. The Morgan fingerprint density at radius 1 is 1.11 bits per heavy atom. The molecule has 2 saturated heterocycles. The van der Waals surface area contributed by atoms with E-state index in [1.807, 2.05) is 0 Å². The summed E-state index contributed by atoms with van der Waals surface area (Å²) in [6.07, 6.45) is 4.32. The van der Waals surface area contributed by atoms with E-state index in [-0.39, 0.29) is 18.0 Å². The number of amides is 1. The molecule has 3 aliphatic rings. The van der Waals surface area contributed by atoms with Gasteiger partial charge in [0.15, 0.2) is 11.5 Å². The van der Waals surface area contributed by atoms with Crippen LogP contribution in [0.1, 0.15) is 25.7 Å². The first-order chi connectivity index (χ1) is 13.2. The van der Waals surface area contributed by atoms with Crippen molar-refractivity contribution in [3.63, 3.8) is 0 Å². The molecule has 148 valence electrons. The maximum absolute atomic E-state index is 13.4. The number of likely N-dealkylation sites (tertiary alicyclic amines) is 1. The maximum Gasteiger partial charge on any atom is 0.409 e. The normalized spacial score (nSPS) is 23.5. The Morgan fingerprint density at radius 3 is 2.74 bits per heavy atom. The van der Waals surface area contributed by atoms with Gasteiger partial charge in [-0.05, 0) is 56.8 Å². The standard InChI is InChI=1S/C20H27FN2O4/c21-16-3-4-18-19(12-16)27-17(14-26-18)13-22-8-5-15(6-9-22)2-1-7-23-10-11-25-20(23)24/h3-4,12,15,17H,1-2,5-11,13-14H2. The summed E-state index contributed by atoms with van der Waals surface area (Å²) in [6, 6.07) is 4.40. The van der Waals surface area contributed by atoms with Crippen LogP contribution in [0.4, 0.5) is 9.18 Å². The van der Waals surface area contributed by atoms with Gasteiger partial charge < -0.3 is 19.1 Å². The number of piperidine rings is 1. The van der Waals surface area contributed by atoms with Gasteiger partial charge in [0.1, 0.15) is 25.1 Å². The minimum Gasteiger partial charge on any atom is -0.486 e. The van der Waals surface area contributed by atoms with E-state index in [0.717, 1.165) is 51.5 Å². The molecule has 1 atom stereocenters. The first kappa shape index (κ1) is 18.3. The summed E-state index contributed by atoms with van der Waals surface area (Å²) in [7, 11) is 0. The number of nitrogens with zero attached hydrogens (tertiary/aromatic N) is 2. The molecule has 1 unspecified atom stereocenters. The van der Waals surface area contributed by atoms with Crippen molar-refractivity contribution >= 4 is 6.09 Å². The van der Waals surface area contributed by atoms with Crippen LogP contribution in [0.25, 0.3) is 0 Å². The molecule has 7 heteroatoms. The fraction of sp³-hybridized carbons (Fsp3) is 0.650. The molecule has 0 aliphatic carbocycles. The zero-order valence-corrected chi connectivity index (χ0v) is 15.6. The number of benzene rings is 1.